The molecule has 0 aliphatic carbocycles. The first-order valence-corrected chi connectivity index (χ1v) is 16.0. The smallest absolute Gasteiger partial charge is 0.254 e. The van der Waals surface area contributed by atoms with Crippen molar-refractivity contribution in [2.75, 3.05) is 49.7 Å². The first-order chi connectivity index (χ1) is 19.4. The number of rotatable bonds is 7. The van der Waals surface area contributed by atoms with Crippen LogP contribution >= 0.6 is 0 Å². The fraction of sp³-hybridized carbons (Fsp3) is 0.286. The first-order valence-electron chi connectivity index (χ1n) is 12.9. The highest BCUT2D eigenvalue weighted by Gasteiger charge is 2.24. The Morgan fingerprint density at radius 1 is 1.07 bits per heavy atom. The summed E-state index contributed by atoms with van der Waals surface area (Å²) in [5, 5.41) is 1.42. The van der Waals surface area contributed by atoms with E-state index in [1.165, 1.54) is 0 Å². The van der Waals surface area contributed by atoms with Crippen molar-refractivity contribution in [1.82, 2.24) is 14.8 Å². The molecular formula is C28H30N5O6S2-. The number of nitrogens with two attached hydrogens (primary N) is 1. The summed E-state index contributed by atoms with van der Waals surface area (Å²) in [6, 6.07) is 13.7. The average Bonchev–Trinajstić information content (AvgIpc) is 3.30. The summed E-state index contributed by atoms with van der Waals surface area (Å²) in [5.41, 5.74) is 9.69. The van der Waals surface area contributed by atoms with E-state index < -0.39 is 32.9 Å². The Morgan fingerprint density at radius 2 is 1.78 bits per heavy atom. The highest BCUT2D eigenvalue weighted by molar-refractivity contribution is 7.92. The summed E-state index contributed by atoms with van der Waals surface area (Å²) in [5.74, 6) is -1.41. The molecule has 3 N–H and O–H groups in total. The van der Waals surface area contributed by atoms with E-state index >= 15 is 0 Å². The van der Waals surface area contributed by atoms with E-state index in [-0.39, 0.29) is 17.2 Å². The molecule has 0 saturated carbocycles. The zero-order chi connectivity index (χ0) is 29.6. The minimum absolute atomic E-state index is 0.0749. The summed E-state index contributed by atoms with van der Waals surface area (Å²) in [6.07, 6.45) is 0.965. The topological polar surface area (TPSA) is 160 Å². The molecule has 0 spiro atoms. The van der Waals surface area contributed by atoms with Gasteiger partial charge in [-0.3, -0.25) is 18.1 Å². The second-order valence-electron chi connectivity index (χ2n) is 10.4. The van der Waals surface area contributed by atoms with Gasteiger partial charge in [-0.2, -0.15) is 0 Å². The Labute approximate surface area is 240 Å². The Balaban J connectivity index is 1.68. The van der Waals surface area contributed by atoms with Crippen LogP contribution in [0.2, 0.25) is 0 Å². The van der Waals surface area contributed by atoms with Gasteiger partial charge in [-0.15, -0.1) is 0 Å². The number of hydrogen-bond donors (Lipinski definition) is 2. The van der Waals surface area contributed by atoms with E-state index in [0.717, 1.165) is 29.0 Å². The monoisotopic (exact) mass is 596 g/mol. The van der Waals surface area contributed by atoms with Gasteiger partial charge >= 0.3 is 0 Å². The number of carbonyl (C=O) groups excluding carboxylic acids is 2. The van der Waals surface area contributed by atoms with Gasteiger partial charge in [0, 0.05) is 65.6 Å². The van der Waals surface area contributed by atoms with Crippen LogP contribution in [0.3, 0.4) is 0 Å². The maximum atomic E-state index is 13.3. The third-order valence-electron chi connectivity index (χ3n) is 7.45. The largest absolute Gasteiger partial charge is 0.755 e. The van der Waals surface area contributed by atoms with Crippen LogP contribution in [0, 0.1) is 6.92 Å². The van der Waals surface area contributed by atoms with E-state index in [1.807, 2.05) is 18.0 Å². The Morgan fingerprint density at radius 3 is 2.41 bits per heavy atom. The number of aromatic amines is 1. The fourth-order valence-electron chi connectivity index (χ4n) is 5.36. The molecule has 0 bridgehead atoms. The third-order valence-corrected chi connectivity index (χ3v) is 9.03. The van der Waals surface area contributed by atoms with E-state index in [0.29, 0.717) is 51.8 Å². The zero-order valence-electron chi connectivity index (χ0n) is 22.8. The number of benzene rings is 3. The van der Waals surface area contributed by atoms with Crippen LogP contribution < -0.4 is 10.0 Å². The quantitative estimate of drug-likeness (QED) is 0.310. The van der Waals surface area contributed by atoms with Crippen molar-refractivity contribution in [3.05, 3.63) is 65.2 Å². The summed E-state index contributed by atoms with van der Waals surface area (Å²) in [4.78, 5) is 32.9. The van der Waals surface area contributed by atoms with Crippen LogP contribution in [0.5, 0.6) is 0 Å². The number of amides is 2. The number of anilines is 1. The standard InChI is InChI=1S/C28H31N5O6S2/c1-17-19(5-4-6-24(17)33(40(36)37)16-41(3,38)39)20-9-10-22(27(29)34)26-25(20)21-8-7-18(15-23(21)30-26)28(35)32-13-11-31(2)12-14-32/h4-10,15,30H,11-14,16H2,1-3H3,(H2,29,34)(H,36,37)/p-1. The molecule has 1 atom stereocenters. The number of hydrogen-bond acceptors (Lipinski definition) is 7. The van der Waals surface area contributed by atoms with Gasteiger partial charge in [0.1, 0.15) is 5.88 Å². The van der Waals surface area contributed by atoms with E-state index in [9.17, 15) is 26.8 Å². The maximum absolute atomic E-state index is 13.3. The number of fused-ring (bicyclic) bond motifs is 3. The van der Waals surface area contributed by atoms with Gasteiger partial charge in [0.05, 0.1) is 16.8 Å². The zero-order valence-corrected chi connectivity index (χ0v) is 24.5. The van der Waals surface area contributed by atoms with E-state index in [4.69, 9.17) is 5.73 Å². The molecule has 13 heteroatoms. The van der Waals surface area contributed by atoms with Gasteiger partial charge in [0.2, 0.25) is 0 Å². The molecule has 1 fully saturated rings. The van der Waals surface area contributed by atoms with Crippen LogP contribution in [0.15, 0.2) is 48.5 Å². The number of piperazine rings is 1. The molecule has 1 aliphatic heterocycles. The normalized spacial score (nSPS) is 15.4. The second-order valence-corrected chi connectivity index (χ2v) is 13.3. The lowest BCUT2D eigenvalue weighted by Gasteiger charge is -2.32. The highest BCUT2D eigenvalue weighted by atomic mass is 32.2. The van der Waals surface area contributed by atoms with Gasteiger partial charge in [-0.05, 0) is 54.9 Å². The molecule has 4 aromatic rings. The summed E-state index contributed by atoms with van der Waals surface area (Å²) in [7, 11) is -1.64. The third kappa shape index (κ3) is 5.58. The molecule has 1 saturated heterocycles. The van der Waals surface area contributed by atoms with Crippen molar-refractivity contribution in [2.45, 2.75) is 6.92 Å². The molecule has 216 valence electrons. The second kappa shape index (κ2) is 10.9. The van der Waals surface area contributed by atoms with Gasteiger partial charge in [-0.1, -0.05) is 24.3 Å². The predicted octanol–water partition coefficient (Wildman–Crippen LogP) is 2.39. The number of likely N-dealkylation sites (N-methyl/N-ethyl adjacent to an activating group) is 1. The Hall–Kier alpha value is -3.78. The van der Waals surface area contributed by atoms with Gasteiger partial charge in [0.15, 0.2) is 9.84 Å². The number of carbonyl (C=O) groups is 2. The number of nitrogens with zero attached hydrogens (tertiary/aromatic N) is 3. The lowest BCUT2D eigenvalue weighted by molar-refractivity contribution is 0.0664. The number of sulfone groups is 1. The van der Waals surface area contributed by atoms with Crippen molar-refractivity contribution in [3.63, 3.8) is 0 Å². The van der Waals surface area contributed by atoms with Gasteiger partial charge < -0.3 is 25.1 Å². The van der Waals surface area contributed by atoms with Crippen molar-refractivity contribution in [2.24, 2.45) is 5.73 Å². The molecule has 2 heterocycles. The van der Waals surface area contributed by atoms with Crippen molar-refractivity contribution in [1.29, 1.82) is 0 Å². The molecule has 1 aliphatic rings. The SMILES string of the molecule is Cc1c(-c2ccc(C(N)=O)c3[nH]c4cc(C(=O)N5CCN(C)CC5)ccc4c23)cccc1N(CS(C)(=O)=O)S(=O)[O-]. The highest BCUT2D eigenvalue weighted by Crippen LogP contribution is 2.40. The lowest BCUT2D eigenvalue weighted by Crippen LogP contribution is -2.47. The molecular weight excluding hydrogens is 566 g/mol. The van der Waals surface area contributed by atoms with Crippen LogP contribution in [0.1, 0.15) is 26.3 Å². The van der Waals surface area contributed by atoms with E-state index in [2.05, 4.69) is 9.88 Å². The molecule has 1 unspecified atom stereocenters. The van der Waals surface area contributed by atoms with Crippen molar-refractivity contribution >= 4 is 60.4 Å². The number of nitrogens with one attached hydrogen (secondary N) is 1. The Bertz CT molecular complexity index is 1830. The summed E-state index contributed by atoms with van der Waals surface area (Å²) >= 11 is -2.84. The minimum atomic E-state index is -3.66. The van der Waals surface area contributed by atoms with Crippen LogP contribution in [-0.4, -0.2) is 89.1 Å². The molecule has 2 amide bonds. The van der Waals surface area contributed by atoms with Crippen LogP contribution in [0.25, 0.3) is 32.9 Å². The predicted molar refractivity (Wildman–Crippen MR) is 159 cm³/mol. The molecule has 11 nitrogen and oxygen atoms in total. The first kappa shape index (κ1) is 28.7. The lowest BCUT2D eigenvalue weighted by atomic mass is 9.93. The maximum Gasteiger partial charge on any atom is 0.254 e. The summed E-state index contributed by atoms with van der Waals surface area (Å²) < 4.78 is 48.8. The number of aromatic nitrogens is 1. The number of primary amides is 1. The average molecular weight is 597 g/mol. The minimum Gasteiger partial charge on any atom is -0.755 e. The fourth-order valence-corrected chi connectivity index (χ4v) is 7.20. The van der Waals surface area contributed by atoms with E-state index in [1.54, 1.807) is 49.4 Å². The van der Waals surface area contributed by atoms with Crippen LogP contribution in [0.4, 0.5) is 5.69 Å². The van der Waals surface area contributed by atoms with Gasteiger partial charge in [0.25, 0.3) is 11.8 Å². The van der Waals surface area contributed by atoms with Gasteiger partial charge in [-0.25, -0.2) is 8.42 Å². The molecule has 3 aromatic carbocycles. The van der Waals surface area contributed by atoms with Crippen molar-refractivity contribution in [3.8, 4) is 11.1 Å². The molecule has 41 heavy (non-hydrogen) atoms. The summed E-state index contributed by atoms with van der Waals surface area (Å²) in [6.45, 7) is 4.58. The molecule has 1 aromatic heterocycles. The molecule has 0 radical (unpaired) electrons. The Kier molecular flexibility index (Phi) is 7.64. The number of H-pyrrole nitrogens is 1. The van der Waals surface area contributed by atoms with Crippen LogP contribution in [-0.2, 0) is 21.1 Å². The van der Waals surface area contributed by atoms with Crippen molar-refractivity contribution < 1.29 is 26.8 Å². The molecule has 5 rings (SSSR count).